The smallest absolute Gasteiger partial charge is 0.289 e. The summed E-state index contributed by atoms with van der Waals surface area (Å²) >= 11 is 5.72. The summed E-state index contributed by atoms with van der Waals surface area (Å²) in [4.78, 5) is 11.7. The number of aryl methyl sites for hydroxylation is 1. The molecule has 0 aromatic carbocycles. The fourth-order valence-electron chi connectivity index (χ4n) is 1.72. The molecule has 0 bridgehead atoms. The van der Waals surface area contributed by atoms with Crippen LogP contribution in [-0.4, -0.2) is 23.5 Å². The Labute approximate surface area is 99.3 Å². The Morgan fingerprint density at radius 3 is 2.94 bits per heavy atom. The third kappa shape index (κ3) is 2.55. The zero-order valence-corrected chi connectivity index (χ0v) is 10.0. The van der Waals surface area contributed by atoms with E-state index in [2.05, 4.69) is 10.5 Å². The van der Waals surface area contributed by atoms with Gasteiger partial charge < -0.3 is 9.84 Å². The molecule has 1 aliphatic carbocycles. The van der Waals surface area contributed by atoms with E-state index in [0.29, 0.717) is 18.1 Å². The summed E-state index contributed by atoms with van der Waals surface area (Å²) in [7, 11) is 0. The number of alkyl halides is 1. The lowest BCUT2D eigenvalue weighted by Gasteiger charge is -2.13. The number of rotatable bonds is 5. The molecule has 2 rings (SSSR count). The number of halogens is 1. The van der Waals surface area contributed by atoms with Crippen molar-refractivity contribution in [2.75, 3.05) is 12.4 Å². The summed E-state index contributed by atoms with van der Waals surface area (Å²) in [5, 5.41) is 6.55. The van der Waals surface area contributed by atoms with Gasteiger partial charge in [-0.1, -0.05) is 5.16 Å². The first-order valence-electron chi connectivity index (χ1n) is 5.43. The highest BCUT2D eigenvalue weighted by Gasteiger charge is 2.41. The Balaban J connectivity index is 1.84. The number of amides is 1. The van der Waals surface area contributed by atoms with Gasteiger partial charge in [-0.15, -0.1) is 11.6 Å². The van der Waals surface area contributed by atoms with Crippen LogP contribution in [0, 0.1) is 12.3 Å². The molecule has 1 fully saturated rings. The van der Waals surface area contributed by atoms with Gasteiger partial charge in [-0.3, -0.25) is 4.79 Å². The fraction of sp³-hybridized carbons (Fsp3) is 0.636. The van der Waals surface area contributed by atoms with Crippen molar-refractivity contribution in [2.45, 2.75) is 26.2 Å². The molecule has 0 atom stereocenters. The fourth-order valence-corrected chi connectivity index (χ4v) is 2.12. The number of nitrogens with zero attached hydrogens (tertiary/aromatic N) is 1. The summed E-state index contributed by atoms with van der Waals surface area (Å²) in [6, 6.07) is 1.64. The summed E-state index contributed by atoms with van der Waals surface area (Å²) in [6.07, 6.45) is 3.26. The number of aromatic nitrogens is 1. The van der Waals surface area contributed by atoms with Gasteiger partial charge in [-0.05, 0) is 31.6 Å². The minimum atomic E-state index is -0.193. The zero-order chi connectivity index (χ0) is 11.6. The maximum absolute atomic E-state index is 11.7. The standard InChI is InChI=1S/C11H15ClN2O2/c1-8-6-9(16-14-8)10(15)13-7-11(2-3-11)4-5-12/h6H,2-5,7H2,1H3,(H,13,15). The molecule has 1 aromatic rings. The van der Waals surface area contributed by atoms with Crippen LogP contribution in [-0.2, 0) is 0 Å². The van der Waals surface area contributed by atoms with Gasteiger partial charge in [0.1, 0.15) is 0 Å². The van der Waals surface area contributed by atoms with Gasteiger partial charge in [0.15, 0.2) is 0 Å². The molecular weight excluding hydrogens is 228 g/mol. The average Bonchev–Trinajstić information content (AvgIpc) is 2.89. The first-order chi connectivity index (χ1) is 7.65. The molecule has 4 nitrogen and oxygen atoms in total. The van der Waals surface area contributed by atoms with E-state index in [1.165, 1.54) is 0 Å². The van der Waals surface area contributed by atoms with E-state index < -0.39 is 0 Å². The number of carbonyl (C=O) groups is 1. The van der Waals surface area contributed by atoms with Gasteiger partial charge in [0.25, 0.3) is 5.91 Å². The molecule has 0 unspecified atom stereocenters. The molecule has 0 aliphatic heterocycles. The SMILES string of the molecule is Cc1cc(C(=O)NCC2(CCCl)CC2)on1. The lowest BCUT2D eigenvalue weighted by Crippen LogP contribution is -2.30. The molecule has 88 valence electrons. The molecule has 5 heteroatoms. The van der Waals surface area contributed by atoms with Gasteiger partial charge in [0.05, 0.1) is 5.69 Å². The molecule has 1 N–H and O–H groups in total. The van der Waals surface area contributed by atoms with Crippen molar-refractivity contribution >= 4 is 17.5 Å². The van der Waals surface area contributed by atoms with Crippen LogP contribution in [0.5, 0.6) is 0 Å². The topological polar surface area (TPSA) is 55.1 Å². The number of carbonyl (C=O) groups excluding carboxylic acids is 1. The van der Waals surface area contributed by atoms with Crippen LogP contribution < -0.4 is 5.32 Å². The van der Waals surface area contributed by atoms with Crippen LogP contribution >= 0.6 is 11.6 Å². The largest absolute Gasteiger partial charge is 0.351 e. The van der Waals surface area contributed by atoms with E-state index in [9.17, 15) is 4.79 Å². The first kappa shape index (κ1) is 11.5. The van der Waals surface area contributed by atoms with E-state index in [4.69, 9.17) is 16.1 Å². The number of hydrogen-bond donors (Lipinski definition) is 1. The molecule has 0 saturated heterocycles. The lowest BCUT2D eigenvalue weighted by molar-refractivity contribution is 0.0907. The molecular formula is C11H15ClN2O2. The Morgan fingerprint density at radius 2 is 2.44 bits per heavy atom. The van der Waals surface area contributed by atoms with E-state index in [0.717, 1.165) is 19.3 Å². The molecule has 1 aliphatic rings. The normalized spacial score (nSPS) is 17.1. The summed E-state index contributed by atoms with van der Waals surface area (Å²) in [5.74, 6) is 0.734. The first-order valence-corrected chi connectivity index (χ1v) is 5.96. The minimum Gasteiger partial charge on any atom is -0.351 e. The Hall–Kier alpha value is -1.03. The lowest BCUT2D eigenvalue weighted by atomic mass is 10.0. The Kier molecular flexibility index (Phi) is 3.19. The minimum absolute atomic E-state index is 0.193. The molecule has 16 heavy (non-hydrogen) atoms. The van der Waals surface area contributed by atoms with Crippen LogP contribution in [0.3, 0.4) is 0 Å². The van der Waals surface area contributed by atoms with Crippen LogP contribution in [0.1, 0.15) is 35.5 Å². The summed E-state index contributed by atoms with van der Waals surface area (Å²) < 4.78 is 4.88. The Morgan fingerprint density at radius 1 is 1.69 bits per heavy atom. The molecule has 1 heterocycles. The van der Waals surface area contributed by atoms with Crippen molar-refractivity contribution < 1.29 is 9.32 Å². The van der Waals surface area contributed by atoms with Crippen LogP contribution in [0.15, 0.2) is 10.6 Å². The third-order valence-electron chi connectivity index (χ3n) is 3.06. The highest BCUT2D eigenvalue weighted by molar-refractivity contribution is 6.17. The quantitative estimate of drug-likeness (QED) is 0.805. The second-order valence-electron chi connectivity index (χ2n) is 4.45. The molecule has 1 saturated carbocycles. The van der Waals surface area contributed by atoms with Gasteiger partial charge in [-0.2, -0.15) is 0 Å². The monoisotopic (exact) mass is 242 g/mol. The van der Waals surface area contributed by atoms with Crippen molar-refractivity contribution in [1.82, 2.24) is 10.5 Å². The van der Waals surface area contributed by atoms with E-state index in [-0.39, 0.29) is 17.1 Å². The van der Waals surface area contributed by atoms with Crippen molar-refractivity contribution in [3.63, 3.8) is 0 Å². The zero-order valence-electron chi connectivity index (χ0n) is 9.25. The highest BCUT2D eigenvalue weighted by Crippen LogP contribution is 2.48. The molecule has 0 radical (unpaired) electrons. The van der Waals surface area contributed by atoms with Crippen LogP contribution in [0.25, 0.3) is 0 Å². The molecule has 0 spiro atoms. The number of nitrogens with one attached hydrogen (secondary N) is 1. The maximum atomic E-state index is 11.7. The van der Waals surface area contributed by atoms with Crippen LogP contribution in [0.2, 0.25) is 0 Å². The van der Waals surface area contributed by atoms with Gasteiger partial charge in [0, 0.05) is 18.5 Å². The molecule has 1 amide bonds. The predicted molar refractivity (Wildman–Crippen MR) is 60.6 cm³/mol. The van der Waals surface area contributed by atoms with Crippen molar-refractivity contribution in [3.05, 3.63) is 17.5 Å². The van der Waals surface area contributed by atoms with E-state index in [1.807, 2.05) is 0 Å². The Bertz CT molecular complexity index is 385. The number of hydrogen-bond acceptors (Lipinski definition) is 3. The third-order valence-corrected chi connectivity index (χ3v) is 3.25. The van der Waals surface area contributed by atoms with Crippen molar-refractivity contribution in [2.24, 2.45) is 5.41 Å². The van der Waals surface area contributed by atoms with Crippen molar-refractivity contribution in [3.8, 4) is 0 Å². The summed E-state index contributed by atoms with van der Waals surface area (Å²) in [5.41, 5.74) is 0.957. The van der Waals surface area contributed by atoms with Crippen LogP contribution in [0.4, 0.5) is 0 Å². The summed E-state index contributed by atoms with van der Waals surface area (Å²) in [6.45, 7) is 2.47. The van der Waals surface area contributed by atoms with Crippen molar-refractivity contribution in [1.29, 1.82) is 0 Å². The highest BCUT2D eigenvalue weighted by atomic mass is 35.5. The predicted octanol–water partition coefficient (Wildman–Crippen LogP) is 2.12. The maximum Gasteiger partial charge on any atom is 0.289 e. The van der Waals surface area contributed by atoms with Gasteiger partial charge in [0.2, 0.25) is 5.76 Å². The average molecular weight is 243 g/mol. The second-order valence-corrected chi connectivity index (χ2v) is 4.83. The van der Waals surface area contributed by atoms with E-state index in [1.54, 1.807) is 13.0 Å². The molecule has 1 aromatic heterocycles. The second kappa shape index (κ2) is 4.45. The van der Waals surface area contributed by atoms with Gasteiger partial charge in [-0.25, -0.2) is 0 Å². The van der Waals surface area contributed by atoms with E-state index >= 15 is 0 Å². The van der Waals surface area contributed by atoms with Gasteiger partial charge >= 0.3 is 0 Å².